The van der Waals surface area contributed by atoms with E-state index in [1.165, 1.54) is 22.2 Å². The molecule has 0 bridgehead atoms. The molecular formula is C26H25N2NaO7S. The molecule has 3 unspecified atom stereocenters. The van der Waals surface area contributed by atoms with Crippen LogP contribution in [0.3, 0.4) is 0 Å². The molecule has 0 saturated carbocycles. The molecule has 37 heavy (non-hydrogen) atoms. The Morgan fingerprint density at radius 2 is 1.81 bits per heavy atom. The Kier molecular flexibility index (Phi) is 7.94. The molecule has 5 rings (SSSR count). The minimum absolute atomic E-state index is 0. The van der Waals surface area contributed by atoms with Crippen LogP contribution < -0.4 is 44.9 Å². The zero-order chi connectivity index (χ0) is 25.6. The Morgan fingerprint density at radius 1 is 1.11 bits per heavy atom. The van der Waals surface area contributed by atoms with Crippen LogP contribution in [0.5, 0.6) is 5.75 Å². The topological polar surface area (TPSA) is 125 Å². The first-order chi connectivity index (χ1) is 17.2. The molecule has 2 fully saturated rings. The van der Waals surface area contributed by atoms with Crippen LogP contribution in [0.1, 0.15) is 42.9 Å². The third kappa shape index (κ3) is 5.12. The summed E-state index contributed by atoms with van der Waals surface area (Å²) in [6, 6.07) is 11.7. The van der Waals surface area contributed by atoms with Gasteiger partial charge in [0.15, 0.2) is 11.7 Å². The Morgan fingerprint density at radius 3 is 2.51 bits per heavy atom. The number of benzene rings is 2. The first-order valence-electron chi connectivity index (χ1n) is 11.7. The summed E-state index contributed by atoms with van der Waals surface area (Å²) in [6.45, 7) is 3.42. The second-order valence-electron chi connectivity index (χ2n) is 9.68. The maximum absolute atomic E-state index is 13.3. The molecule has 2 aromatic rings. The van der Waals surface area contributed by atoms with E-state index in [0.717, 1.165) is 24.8 Å². The minimum Gasteiger partial charge on any atom is -0.548 e. The molecule has 3 aliphatic rings. The monoisotopic (exact) mass is 532 g/mol. The number of aryl methyl sites for hydroxylation is 2. The van der Waals surface area contributed by atoms with Gasteiger partial charge < -0.3 is 20.1 Å². The van der Waals surface area contributed by atoms with Gasteiger partial charge >= 0.3 is 35.5 Å². The number of nitrogens with one attached hydrogen (secondary N) is 1. The molecule has 2 aliphatic heterocycles. The number of nitrogens with zero attached hydrogens (tertiary/aromatic N) is 1. The van der Waals surface area contributed by atoms with Gasteiger partial charge in [-0.2, -0.15) is 0 Å². The predicted octanol–water partition coefficient (Wildman–Crippen LogP) is -1.90. The molecule has 188 valence electrons. The summed E-state index contributed by atoms with van der Waals surface area (Å²) in [5.41, 5.74) is 2.75. The van der Waals surface area contributed by atoms with E-state index in [-0.39, 0.29) is 29.6 Å². The molecule has 11 heteroatoms. The smallest absolute Gasteiger partial charge is 0.548 e. The third-order valence-electron chi connectivity index (χ3n) is 6.88. The van der Waals surface area contributed by atoms with Crippen LogP contribution in [0, 0.1) is 0 Å². The summed E-state index contributed by atoms with van der Waals surface area (Å²) in [5.74, 6) is -4.58. The molecule has 2 amide bonds. The summed E-state index contributed by atoms with van der Waals surface area (Å²) in [4.78, 5) is 62.3. The van der Waals surface area contributed by atoms with Gasteiger partial charge in [-0.15, -0.1) is 11.8 Å². The largest absolute Gasteiger partial charge is 1.00 e. The van der Waals surface area contributed by atoms with Crippen LogP contribution in [0.4, 0.5) is 0 Å². The zero-order valence-electron chi connectivity index (χ0n) is 20.8. The summed E-state index contributed by atoms with van der Waals surface area (Å²) < 4.78 is -0.792. The zero-order valence-corrected chi connectivity index (χ0v) is 23.6. The van der Waals surface area contributed by atoms with Gasteiger partial charge in [0.2, 0.25) is 11.8 Å². The van der Waals surface area contributed by atoms with Gasteiger partial charge in [-0.05, 0) is 61.9 Å². The SMILES string of the molecule is CC1(C)S[C@H]2C(NC(=O)C(C(=O)OOc3ccc4c(c3)CCC4)c3ccccc3)C(=O)N2C1C(=O)[O-].[Na+]. The number of carbonyl (C=O) groups is 4. The molecular weight excluding hydrogens is 507 g/mol. The van der Waals surface area contributed by atoms with Crippen LogP contribution in [0.25, 0.3) is 0 Å². The predicted molar refractivity (Wildman–Crippen MR) is 127 cm³/mol. The maximum Gasteiger partial charge on any atom is 1.00 e. The molecule has 2 heterocycles. The number of aliphatic carboxylic acids is 1. The fraction of sp³-hybridized carbons (Fsp3) is 0.385. The molecule has 4 atom stereocenters. The standard InChI is InChI=1S/C26H26N2O7S.Na/c1-26(2)20(24(31)32)28-22(30)19(23(28)36-26)27-21(29)18(15-7-4-3-5-8-15)25(33)35-34-17-12-11-14-9-6-10-16(14)13-17;/h3-5,7-8,11-13,18-20,23H,6,9-10H2,1-2H3,(H,27,29)(H,31,32);/q;+1/p-1/t18?,19?,20?,23-;/m0./s1. The van der Waals surface area contributed by atoms with Crippen molar-refractivity contribution in [2.45, 2.75) is 61.2 Å². The average molecular weight is 533 g/mol. The minimum atomic E-state index is -1.39. The number of rotatable bonds is 7. The van der Waals surface area contributed by atoms with Gasteiger partial charge in [0.25, 0.3) is 0 Å². The number of carboxylic acids is 1. The Hall–Kier alpha value is -2.53. The molecule has 0 radical (unpaired) electrons. The Balaban J connectivity index is 0.00000320. The number of β-lactam (4-membered cyclic amide) rings is 1. The van der Waals surface area contributed by atoms with Gasteiger partial charge in [-0.25, -0.2) is 9.68 Å². The van der Waals surface area contributed by atoms with Crippen LogP contribution in [0.15, 0.2) is 48.5 Å². The van der Waals surface area contributed by atoms with Crippen molar-refractivity contribution in [2.24, 2.45) is 0 Å². The first kappa shape index (κ1) is 27.5. The quantitative estimate of drug-likeness (QED) is 0.144. The Bertz CT molecular complexity index is 1240. The number of hydrogen-bond donors (Lipinski definition) is 1. The molecule has 1 N–H and O–H groups in total. The molecule has 2 saturated heterocycles. The van der Waals surface area contributed by atoms with Crippen LogP contribution in [0.2, 0.25) is 0 Å². The van der Waals surface area contributed by atoms with E-state index in [9.17, 15) is 24.3 Å². The fourth-order valence-corrected chi connectivity index (χ4v) is 6.76. The van der Waals surface area contributed by atoms with Gasteiger partial charge in [-0.3, -0.25) is 14.5 Å². The number of carbonyl (C=O) groups excluding carboxylic acids is 4. The van der Waals surface area contributed by atoms with Crippen molar-refractivity contribution in [1.29, 1.82) is 0 Å². The number of amides is 2. The summed E-state index contributed by atoms with van der Waals surface area (Å²) in [5, 5.41) is 13.7. The summed E-state index contributed by atoms with van der Waals surface area (Å²) >= 11 is 1.27. The summed E-state index contributed by atoms with van der Waals surface area (Å²) in [7, 11) is 0. The van der Waals surface area contributed by atoms with Crippen LogP contribution in [-0.4, -0.2) is 50.9 Å². The average Bonchev–Trinajstić information content (AvgIpc) is 3.41. The van der Waals surface area contributed by atoms with Crippen molar-refractivity contribution in [3.8, 4) is 5.75 Å². The molecule has 2 aromatic carbocycles. The molecule has 1 aliphatic carbocycles. The molecule has 0 aromatic heterocycles. The van der Waals surface area contributed by atoms with E-state index in [1.807, 2.05) is 12.1 Å². The molecule has 9 nitrogen and oxygen atoms in total. The third-order valence-corrected chi connectivity index (χ3v) is 8.45. The Labute approximate surface area is 240 Å². The van der Waals surface area contributed by atoms with E-state index in [1.54, 1.807) is 50.2 Å². The van der Waals surface area contributed by atoms with Gasteiger partial charge in [0, 0.05) is 4.75 Å². The van der Waals surface area contributed by atoms with Crippen molar-refractivity contribution < 1.29 is 63.6 Å². The van der Waals surface area contributed by atoms with E-state index in [2.05, 4.69) is 5.32 Å². The second kappa shape index (κ2) is 10.7. The van der Waals surface area contributed by atoms with Crippen molar-refractivity contribution in [1.82, 2.24) is 10.2 Å². The van der Waals surface area contributed by atoms with Crippen molar-refractivity contribution in [3.05, 3.63) is 65.2 Å². The molecule has 0 spiro atoms. The number of fused-ring (bicyclic) bond motifs is 2. The van der Waals surface area contributed by atoms with Crippen molar-refractivity contribution in [2.75, 3.05) is 0 Å². The van der Waals surface area contributed by atoms with E-state index in [0.29, 0.717) is 11.3 Å². The van der Waals surface area contributed by atoms with E-state index in [4.69, 9.17) is 9.78 Å². The normalized spacial score (nSPS) is 23.6. The van der Waals surface area contributed by atoms with Gasteiger partial charge in [0.1, 0.15) is 11.4 Å². The number of hydrogen-bond acceptors (Lipinski definition) is 8. The second-order valence-corrected chi connectivity index (χ2v) is 11.4. The fourth-order valence-electron chi connectivity index (χ4n) is 5.14. The van der Waals surface area contributed by atoms with Crippen LogP contribution in [-0.2, 0) is 36.9 Å². The van der Waals surface area contributed by atoms with Gasteiger partial charge in [-0.1, -0.05) is 36.4 Å². The van der Waals surface area contributed by atoms with Crippen molar-refractivity contribution >= 4 is 35.5 Å². The van der Waals surface area contributed by atoms with E-state index < -0.39 is 51.9 Å². The van der Waals surface area contributed by atoms with Crippen molar-refractivity contribution in [3.63, 3.8) is 0 Å². The van der Waals surface area contributed by atoms with Crippen LogP contribution >= 0.6 is 11.8 Å². The van der Waals surface area contributed by atoms with Gasteiger partial charge in [0.05, 0.1) is 12.0 Å². The number of thioether (sulfide) groups is 1. The first-order valence-corrected chi connectivity index (χ1v) is 12.6. The van der Waals surface area contributed by atoms with E-state index >= 15 is 0 Å². The summed E-state index contributed by atoms with van der Waals surface area (Å²) in [6.07, 6.45) is 2.99. The number of carboxylic acid groups (broad SMARTS) is 1. The maximum atomic E-state index is 13.3.